The summed E-state index contributed by atoms with van der Waals surface area (Å²) in [5.41, 5.74) is 2.86. The number of hydrogen-bond acceptors (Lipinski definition) is 0. The molecule has 2 rings (SSSR count). The fourth-order valence-corrected chi connectivity index (χ4v) is 2.20. The van der Waals surface area contributed by atoms with E-state index in [1.807, 2.05) is 0 Å². The standard InChI is InChI=1S/C17H22N.HI/c1-2-3-14-18-15-8-7-11-17(18)13-12-16-9-5-4-6-10-16;/h4-11,15H,2-3,12-14H2,1H3;1H/q+1;/p-1. The molecule has 0 saturated carbocycles. The summed E-state index contributed by atoms with van der Waals surface area (Å²) in [6, 6.07) is 17.2. The Morgan fingerprint density at radius 2 is 1.63 bits per heavy atom. The molecular weight excluding hydrogens is 345 g/mol. The second kappa shape index (κ2) is 9.08. The molecule has 0 aliphatic carbocycles. The number of unbranched alkanes of at least 4 members (excludes halogenated alkanes) is 1. The highest BCUT2D eigenvalue weighted by atomic mass is 127. The molecule has 1 nitrogen and oxygen atoms in total. The Bertz CT molecular complexity index is 468. The van der Waals surface area contributed by atoms with Crippen LogP contribution in [0.4, 0.5) is 0 Å². The number of nitrogens with zero attached hydrogens (tertiary/aromatic N) is 1. The Kier molecular flexibility index (Phi) is 7.72. The average molecular weight is 367 g/mol. The van der Waals surface area contributed by atoms with Crippen LogP contribution in [0.1, 0.15) is 31.0 Å². The van der Waals surface area contributed by atoms with Gasteiger partial charge in [0.1, 0.15) is 6.54 Å². The first kappa shape index (κ1) is 16.2. The maximum absolute atomic E-state index is 2.40. The lowest BCUT2D eigenvalue weighted by atomic mass is 10.1. The third kappa shape index (κ3) is 5.31. The number of aromatic nitrogens is 1. The van der Waals surface area contributed by atoms with Crippen molar-refractivity contribution in [3.8, 4) is 0 Å². The predicted octanol–water partition coefficient (Wildman–Crippen LogP) is 0.563. The van der Waals surface area contributed by atoms with Crippen molar-refractivity contribution in [3.63, 3.8) is 0 Å². The summed E-state index contributed by atoms with van der Waals surface area (Å²) in [6.45, 7) is 3.38. The van der Waals surface area contributed by atoms with Gasteiger partial charge in [-0.25, -0.2) is 4.57 Å². The van der Waals surface area contributed by atoms with E-state index in [1.54, 1.807) is 0 Å². The second-order valence-corrected chi connectivity index (χ2v) is 4.72. The van der Waals surface area contributed by atoms with Crippen molar-refractivity contribution in [2.45, 2.75) is 39.2 Å². The van der Waals surface area contributed by atoms with Gasteiger partial charge in [0.05, 0.1) is 0 Å². The predicted molar refractivity (Wildman–Crippen MR) is 75.4 cm³/mol. The van der Waals surface area contributed by atoms with Crippen LogP contribution < -0.4 is 28.5 Å². The van der Waals surface area contributed by atoms with E-state index in [1.165, 1.54) is 24.1 Å². The van der Waals surface area contributed by atoms with E-state index >= 15 is 0 Å². The van der Waals surface area contributed by atoms with Crippen LogP contribution in [0.3, 0.4) is 0 Å². The van der Waals surface area contributed by atoms with Gasteiger partial charge in [0.25, 0.3) is 0 Å². The molecule has 102 valence electrons. The first-order chi connectivity index (χ1) is 8.90. The Hall–Kier alpha value is -0.900. The van der Waals surface area contributed by atoms with E-state index in [0.29, 0.717) is 0 Å². The summed E-state index contributed by atoms with van der Waals surface area (Å²) in [5, 5.41) is 0. The summed E-state index contributed by atoms with van der Waals surface area (Å²) in [7, 11) is 0. The fourth-order valence-electron chi connectivity index (χ4n) is 2.20. The number of aryl methyl sites for hydroxylation is 3. The molecule has 1 aromatic heterocycles. The third-order valence-corrected chi connectivity index (χ3v) is 3.30. The summed E-state index contributed by atoms with van der Waals surface area (Å²) in [5.74, 6) is 0. The van der Waals surface area contributed by atoms with Crippen LogP contribution in [0.25, 0.3) is 0 Å². The number of rotatable bonds is 6. The molecule has 0 spiro atoms. The van der Waals surface area contributed by atoms with Gasteiger partial charge < -0.3 is 24.0 Å². The van der Waals surface area contributed by atoms with Gasteiger partial charge in [0, 0.05) is 25.0 Å². The van der Waals surface area contributed by atoms with E-state index in [9.17, 15) is 0 Å². The molecule has 0 saturated heterocycles. The number of benzene rings is 1. The van der Waals surface area contributed by atoms with E-state index < -0.39 is 0 Å². The molecule has 1 heterocycles. The van der Waals surface area contributed by atoms with Gasteiger partial charge in [-0.05, 0) is 12.0 Å². The highest BCUT2D eigenvalue weighted by molar-refractivity contribution is 5.15. The molecule has 0 radical (unpaired) electrons. The van der Waals surface area contributed by atoms with E-state index in [-0.39, 0.29) is 24.0 Å². The van der Waals surface area contributed by atoms with Crippen LogP contribution in [0, 0.1) is 0 Å². The maximum Gasteiger partial charge on any atom is 0.181 e. The molecule has 2 aromatic rings. The molecule has 0 unspecified atom stereocenters. The van der Waals surface area contributed by atoms with Crippen LogP contribution in [0.2, 0.25) is 0 Å². The summed E-state index contributed by atoms with van der Waals surface area (Å²) in [4.78, 5) is 0. The van der Waals surface area contributed by atoms with Crippen molar-refractivity contribution < 1.29 is 28.5 Å². The first-order valence-corrected chi connectivity index (χ1v) is 6.91. The van der Waals surface area contributed by atoms with E-state index in [4.69, 9.17) is 0 Å². The van der Waals surface area contributed by atoms with Gasteiger partial charge in [-0.1, -0.05) is 49.7 Å². The number of halogens is 1. The number of pyridine rings is 1. The zero-order chi connectivity index (χ0) is 12.6. The molecule has 0 bridgehead atoms. The molecule has 1 aromatic carbocycles. The molecule has 0 fully saturated rings. The Labute approximate surface area is 133 Å². The van der Waals surface area contributed by atoms with Crippen molar-refractivity contribution in [1.29, 1.82) is 0 Å². The van der Waals surface area contributed by atoms with Gasteiger partial charge in [0.15, 0.2) is 11.9 Å². The van der Waals surface area contributed by atoms with Gasteiger partial charge in [-0.15, -0.1) is 0 Å². The molecule has 2 heteroatoms. The van der Waals surface area contributed by atoms with Crippen molar-refractivity contribution >= 4 is 0 Å². The molecule has 0 amide bonds. The highest BCUT2D eigenvalue weighted by Crippen LogP contribution is 2.04. The summed E-state index contributed by atoms with van der Waals surface area (Å²) < 4.78 is 2.40. The zero-order valence-electron chi connectivity index (χ0n) is 11.6. The van der Waals surface area contributed by atoms with Gasteiger partial charge >= 0.3 is 0 Å². The van der Waals surface area contributed by atoms with Crippen molar-refractivity contribution in [1.82, 2.24) is 0 Å². The fraction of sp³-hybridized carbons (Fsp3) is 0.353. The van der Waals surface area contributed by atoms with Crippen LogP contribution in [-0.4, -0.2) is 0 Å². The van der Waals surface area contributed by atoms with Crippen molar-refractivity contribution in [3.05, 3.63) is 66.0 Å². The lowest BCUT2D eigenvalue weighted by molar-refractivity contribution is -0.704. The molecule has 19 heavy (non-hydrogen) atoms. The highest BCUT2D eigenvalue weighted by Gasteiger charge is 2.08. The van der Waals surface area contributed by atoms with Crippen LogP contribution in [0.15, 0.2) is 54.7 Å². The maximum atomic E-state index is 2.40. The monoisotopic (exact) mass is 367 g/mol. The molecule has 0 aliphatic rings. The van der Waals surface area contributed by atoms with Crippen LogP contribution in [0.5, 0.6) is 0 Å². The largest absolute Gasteiger partial charge is 1.00 e. The van der Waals surface area contributed by atoms with Gasteiger partial charge in [-0.3, -0.25) is 0 Å². The molecule has 0 aliphatic heterocycles. The summed E-state index contributed by atoms with van der Waals surface area (Å²) >= 11 is 0. The Balaban J connectivity index is 0.00000180. The smallest absolute Gasteiger partial charge is 0.181 e. The molecule has 0 atom stereocenters. The lowest BCUT2D eigenvalue weighted by Crippen LogP contribution is -3.00. The lowest BCUT2D eigenvalue weighted by Gasteiger charge is -2.03. The van der Waals surface area contributed by atoms with Crippen molar-refractivity contribution in [2.24, 2.45) is 0 Å². The SMILES string of the molecule is CCCC[n+]1ccccc1CCc1ccccc1.[I-]. The van der Waals surface area contributed by atoms with Crippen molar-refractivity contribution in [2.75, 3.05) is 0 Å². The van der Waals surface area contributed by atoms with Crippen LogP contribution >= 0.6 is 0 Å². The molecular formula is C17H22IN. The summed E-state index contributed by atoms with van der Waals surface area (Å²) in [6.07, 6.45) is 6.95. The van der Waals surface area contributed by atoms with E-state index in [0.717, 1.165) is 19.4 Å². The zero-order valence-corrected chi connectivity index (χ0v) is 13.7. The quantitative estimate of drug-likeness (QED) is 0.519. The third-order valence-electron chi connectivity index (χ3n) is 3.30. The van der Waals surface area contributed by atoms with Gasteiger partial charge in [0.2, 0.25) is 0 Å². The minimum atomic E-state index is 0. The van der Waals surface area contributed by atoms with Gasteiger partial charge in [-0.2, -0.15) is 0 Å². The minimum Gasteiger partial charge on any atom is -1.00 e. The topological polar surface area (TPSA) is 3.88 Å². The van der Waals surface area contributed by atoms with E-state index in [2.05, 4.69) is 66.2 Å². The number of hydrogen-bond donors (Lipinski definition) is 0. The Morgan fingerprint density at radius 3 is 2.37 bits per heavy atom. The average Bonchev–Trinajstić information content (AvgIpc) is 2.45. The Morgan fingerprint density at radius 1 is 0.895 bits per heavy atom. The first-order valence-electron chi connectivity index (χ1n) is 6.91. The van der Waals surface area contributed by atoms with Crippen LogP contribution in [-0.2, 0) is 19.4 Å². The molecule has 0 N–H and O–H groups in total. The second-order valence-electron chi connectivity index (χ2n) is 4.72. The normalized spacial score (nSPS) is 9.95. The minimum absolute atomic E-state index is 0.